The van der Waals surface area contributed by atoms with Gasteiger partial charge in [-0.3, -0.25) is 0 Å². The Labute approximate surface area is 138 Å². The molecule has 2 aromatic rings. The molecule has 0 aliphatic rings. The number of benzene rings is 2. The summed E-state index contributed by atoms with van der Waals surface area (Å²) in [4.78, 5) is 0. The summed E-state index contributed by atoms with van der Waals surface area (Å²) in [5, 5.41) is 13.5. The largest absolute Gasteiger partial charge is 0.377 e. The highest BCUT2D eigenvalue weighted by Gasteiger charge is 2.12. The number of nitriles is 1. The van der Waals surface area contributed by atoms with E-state index in [0.29, 0.717) is 5.56 Å². The lowest BCUT2D eigenvalue weighted by molar-refractivity contribution is 0.677. The fraction of sp³-hybridized carbons (Fsp3) is 0.235. The van der Waals surface area contributed by atoms with Crippen LogP contribution in [0.1, 0.15) is 36.9 Å². The summed E-state index contributed by atoms with van der Waals surface area (Å²) in [6.07, 6.45) is 2.04. The first-order valence-electron chi connectivity index (χ1n) is 6.85. The molecule has 0 aromatic heterocycles. The lowest BCUT2D eigenvalue weighted by atomic mass is 10.0. The summed E-state index contributed by atoms with van der Waals surface area (Å²) in [7, 11) is 0. The summed E-state index contributed by atoms with van der Waals surface area (Å²) < 4.78 is 0.906. The minimum atomic E-state index is 0.167. The first kappa shape index (κ1) is 15.9. The quantitative estimate of drug-likeness (QED) is 0.715. The molecule has 2 nitrogen and oxygen atoms in total. The first-order valence-corrected chi connectivity index (χ1v) is 8.02. The minimum absolute atomic E-state index is 0.167. The number of anilines is 1. The molecular formula is C17H16BrClN2. The Hall–Kier alpha value is -1.50. The molecule has 0 aliphatic carbocycles. The summed E-state index contributed by atoms with van der Waals surface area (Å²) in [6, 6.07) is 15.9. The van der Waals surface area contributed by atoms with Crippen LogP contribution in [0.4, 0.5) is 5.69 Å². The second-order valence-electron chi connectivity index (χ2n) is 4.84. The molecule has 0 amide bonds. The summed E-state index contributed by atoms with van der Waals surface area (Å²) in [6.45, 7) is 2.15. The number of halogens is 2. The Balaban J connectivity index is 2.28. The highest BCUT2D eigenvalue weighted by molar-refractivity contribution is 9.10. The van der Waals surface area contributed by atoms with Crippen LogP contribution >= 0.6 is 27.5 Å². The van der Waals surface area contributed by atoms with Gasteiger partial charge in [0.15, 0.2) is 0 Å². The standard InChI is InChI=1S/C17H16BrClN2/c1-2-3-16(12-4-7-15(19)8-5-12)21-17-9-6-14(18)10-13(17)11-20/h4-10,16,21H,2-3H2,1H3. The van der Waals surface area contributed by atoms with Gasteiger partial charge in [-0.1, -0.05) is 53.0 Å². The van der Waals surface area contributed by atoms with Gasteiger partial charge < -0.3 is 5.32 Å². The van der Waals surface area contributed by atoms with Crippen LogP contribution in [0.25, 0.3) is 0 Å². The molecule has 1 atom stereocenters. The Morgan fingerprint density at radius 1 is 1.24 bits per heavy atom. The monoisotopic (exact) mass is 362 g/mol. The van der Waals surface area contributed by atoms with Gasteiger partial charge in [-0.15, -0.1) is 0 Å². The highest BCUT2D eigenvalue weighted by atomic mass is 79.9. The Morgan fingerprint density at radius 2 is 1.95 bits per heavy atom. The molecule has 2 rings (SSSR count). The van der Waals surface area contributed by atoms with E-state index in [2.05, 4.69) is 34.2 Å². The second kappa shape index (κ2) is 7.49. The first-order chi connectivity index (χ1) is 10.1. The van der Waals surface area contributed by atoms with E-state index in [9.17, 15) is 5.26 Å². The number of hydrogen-bond acceptors (Lipinski definition) is 2. The third kappa shape index (κ3) is 4.23. The molecule has 0 fully saturated rings. The average Bonchev–Trinajstić information content (AvgIpc) is 2.49. The van der Waals surface area contributed by atoms with Crippen LogP contribution in [0, 0.1) is 11.3 Å². The predicted octanol–water partition coefficient (Wildman–Crippen LogP) is 5.93. The highest BCUT2D eigenvalue weighted by Crippen LogP contribution is 2.28. The maximum absolute atomic E-state index is 9.26. The number of rotatable bonds is 5. The van der Waals surface area contributed by atoms with Crippen LogP contribution in [0.3, 0.4) is 0 Å². The molecule has 4 heteroatoms. The fourth-order valence-corrected chi connectivity index (χ4v) is 2.72. The van der Waals surface area contributed by atoms with Crippen molar-refractivity contribution in [1.29, 1.82) is 5.26 Å². The van der Waals surface area contributed by atoms with Gasteiger partial charge in [-0.05, 0) is 42.3 Å². The fourth-order valence-electron chi connectivity index (χ4n) is 2.23. The molecule has 0 radical (unpaired) electrons. The van der Waals surface area contributed by atoms with Crippen molar-refractivity contribution in [3.05, 3.63) is 63.1 Å². The van der Waals surface area contributed by atoms with Crippen LogP contribution in [-0.2, 0) is 0 Å². The van der Waals surface area contributed by atoms with Gasteiger partial charge >= 0.3 is 0 Å². The molecule has 0 heterocycles. The van der Waals surface area contributed by atoms with Crippen LogP contribution < -0.4 is 5.32 Å². The second-order valence-corrected chi connectivity index (χ2v) is 6.19. The SMILES string of the molecule is CCCC(Nc1ccc(Br)cc1C#N)c1ccc(Cl)cc1. The van der Waals surface area contributed by atoms with Crippen molar-refractivity contribution in [2.45, 2.75) is 25.8 Å². The number of nitrogens with zero attached hydrogens (tertiary/aromatic N) is 1. The lowest BCUT2D eigenvalue weighted by Crippen LogP contribution is -2.11. The van der Waals surface area contributed by atoms with Crippen LogP contribution in [-0.4, -0.2) is 0 Å². The molecule has 2 aromatic carbocycles. The third-order valence-corrected chi connectivity index (χ3v) is 4.03. The number of hydrogen-bond donors (Lipinski definition) is 1. The molecule has 1 N–H and O–H groups in total. The molecule has 1 unspecified atom stereocenters. The summed E-state index contributed by atoms with van der Waals surface area (Å²) >= 11 is 9.34. The van der Waals surface area contributed by atoms with E-state index in [0.717, 1.165) is 28.0 Å². The topological polar surface area (TPSA) is 35.8 Å². The van der Waals surface area contributed by atoms with E-state index < -0.39 is 0 Å². The third-order valence-electron chi connectivity index (χ3n) is 3.28. The van der Waals surface area contributed by atoms with Gasteiger partial charge in [0.2, 0.25) is 0 Å². The van der Waals surface area contributed by atoms with Crippen molar-refractivity contribution in [1.82, 2.24) is 0 Å². The van der Waals surface area contributed by atoms with Gasteiger partial charge in [-0.25, -0.2) is 0 Å². The van der Waals surface area contributed by atoms with Crippen LogP contribution in [0.5, 0.6) is 0 Å². The number of nitrogens with one attached hydrogen (secondary N) is 1. The van der Waals surface area contributed by atoms with Gasteiger partial charge in [0.1, 0.15) is 6.07 Å². The molecule has 0 saturated heterocycles. The van der Waals surface area contributed by atoms with E-state index in [-0.39, 0.29) is 6.04 Å². The van der Waals surface area contributed by atoms with Gasteiger partial charge in [0.05, 0.1) is 17.3 Å². The predicted molar refractivity (Wildman–Crippen MR) is 91.6 cm³/mol. The maximum atomic E-state index is 9.26. The van der Waals surface area contributed by atoms with Crippen LogP contribution in [0.2, 0.25) is 5.02 Å². The van der Waals surface area contributed by atoms with E-state index in [1.165, 1.54) is 5.56 Å². The Morgan fingerprint density at radius 3 is 2.57 bits per heavy atom. The zero-order valence-corrected chi connectivity index (χ0v) is 14.1. The zero-order valence-electron chi connectivity index (χ0n) is 11.7. The summed E-state index contributed by atoms with van der Waals surface area (Å²) in [5.41, 5.74) is 2.67. The van der Waals surface area contributed by atoms with E-state index in [4.69, 9.17) is 11.6 Å². The average molecular weight is 364 g/mol. The molecule has 0 bridgehead atoms. The van der Waals surface area contributed by atoms with Gasteiger partial charge in [0.25, 0.3) is 0 Å². The zero-order chi connectivity index (χ0) is 15.2. The van der Waals surface area contributed by atoms with E-state index in [1.54, 1.807) is 0 Å². The van der Waals surface area contributed by atoms with Crippen molar-refractivity contribution in [2.24, 2.45) is 0 Å². The Bertz CT molecular complexity index is 647. The molecule has 0 spiro atoms. The van der Waals surface area contributed by atoms with Crippen LogP contribution in [0.15, 0.2) is 46.9 Å². The van der Waals surface area contributed by atoms with Crippen molar-refractivity contribution >= 4 is 33.2 Å². The molecule has 0 aliphatic heterocycles. The van der Waals surface area contributed by atoms with Gasteiger partial charge in [-0.2, -0.15) is 5.26 Å². The molecule has 108 valence electrons. The van der Waals surface area contributed by atoms with Gasteiger partial charge in [0, 0.05) is 9.50 Å². The normalized spacial score (nSPS) is 11.7. The Kier molecular flexibility index (Phi) is 5.67. The smallest absolute Gasteiger partial charge is 0.101 e. The van der Waals surface area contributed by atoms with Crippen molar-refractivity contribution in [3.8, 4) is 6.07 Å². The lowest BCUT2D eigenvalue weighted by Gasteiger charge is -2.21. The minimum Gasteiger partial charge on any atom is -0.377 e. The van der Waals surface area contributed by atoms with E-state index in [1.807, 2.05) is 42.5 Å². The maximum Gasteiger partial charge on any atom is 0.101 e. The van der Waals surface area contributed by atoms with Crippen molar-refractivity contribution in [2.75, 3.05) is 5.32 Å². The van der Waals surface area contributed by atoms with E-state index >= 15 is 0 Å². The molecule has 21 heavy (non-hydrogen) atoms. The summed E-state index contributed by atoms with van der Waals surface area (Å²) in [5.74, 6) is 0. The molecular weight excluding hydrogens is 348 g/mol. The van der Waals surface area contributed by atoms with Crippen molar-refractivity contribution < 1.29 is 0 Å². The molecule has 0 saturated carbocycles. The van der Waals surface area contributed by atoms with Crippen molar-refractivity contribution in [3.63, 3.8) is 0 Å².